The minimum atomic E-state index is -0.627. The second-order valence-corrected chi connectivity index (χ2v) is 8.44. The summed E-state index contributed by atoms with van der Waals surface area (Å²) in [6, 6.07) is 8.44. The van der Waals surface area contributed by atoms with E-state index in [2.05, 4.69) is 15.0 Å². The highest BCUT2D eigenvalue weighted by Crippen LogP contribution is 2.33. The summed E-state index contributed by atoms with van der Waals surface area (Å²) in [6.45, 7) is 2.95. The lowest BCUT2D eigenvalue weighted by atomic mass is 10.00. The van der Waals surface area contributed by atoms with Crippen molar-refractivity contribution in [2.24, 2.45) is 0 Å². The maximum absolute atomic E-state index is 14.4. The summed E-state index contributed by atoms with van der Waals surface area (Å²) in [4.78, 5) is 21.3. The average Bonchev–Trinajstić information content (AvgIpc) is 3.21. The number of hydrogen-bond acceptors (Lipinski definition) is 6. The van der Waals surface area contributed by atoms with Gasteiger partial charge in [-0.1, -0.05) is 6.07 Å². The first kappa shape index (κ1) is 22.4. The van der Waals surface area contributed by atoms with Crippen LogP contribution < -0.4 is 0 Å². The molecule has 33 heavy (non-hydrogen) atoms. The summed E-state index contributed by atoms with van der Waals surface area (Å²) in [5.41, 5.74) is 1.43. The number of likely N-dealkylation sites (N-methyl/N-ethyl adjacent to an activating group) is 1. The molecule has 3 aromatic rings. The minimum Gasteiger partial charge on any atom is -0.492 e. The van der Waals surface area contributed by atoms with Gasteiger partial charge in [0.25, 0.3) is 5.91 Å². The monoisotopic (exact) mass is 448 g/mol. The van der Waals surface area contributed by atoms with Crippen LogP contribution in [0.3, 0.4) is 0 Å². The third kappa shape index (κ3) is 4.30. The van der Waals surface area contributed by atoms with Gasteiger partial charge >= 0.3 is 0 Å². The van der Waals surface area contributed by atoms with Crippen LogP contribution in [0.4, 0.5) is 4.39 Å². The van der Waals surface area contributed by atoms with E-state index < -0.39 is 5.82 Å². The first-order valence-electron chi connectivity index (χ1n) is 10.7. The van der Waals surface area contributed by atoms with Crippen LogP contribution >= 0.6 is 0 Å². The van der Waals surface area contributed by atoms with E-state index in [1.807, 2.05) is 19.0 Å². The molecule has 1 aliphatic rings. The number of piperidine rings is 1. The van der Waals surface area contributed by atoms with E-state index in [1.54, 1.807) is 37.4 Å². The molecule has 0 radical (unpaired) electrons. The van der Waals surface area contributed by atoms with Crippen molar-refractivity contribution in [1.82, 2.24) is 24.6 Å². The molecule has 1 N–H and O–H groups in total. The molecule has 1 atom stereocenters. The summed E-state index contributed by atoms with van der Waals surface area (Å²) in [6.07, 6.45) is 5.08. The lowest BCUT2D eigenvalue weighted by Gasteiger charge is -2.36. The number of benzene rings is 1. The lowest BCUT2D eigenvalue weighted by Crippen LogP contribution is -2.47. The number of halogens is 1. The van der Waals surface area contributed by atoms with Crippen LogP contribution in [0.5, 0.6) is 5.88 Å². The summed E-state index contributed by atoms with van der Waals surface area (Å²) in [7, 11) is 4.05. The van der Waals surface area contributed by atoms with Crippen molar-refractivity contribution in [2.45, 2.75) is 25.8 Å². The van der Waals surface area contributed by atoms with Crippen LogP contribution in [0.2, 0.25) is 0 Å². The summed E-state index contributed by atoms with van der Waals surface area (Å²) in [5.74, 6) is -0.567. The number of carbonyl (C=O) groups is 1. The molecule has 0 aliphatic carbocycles. The van der Waals surface area contributed by atoms with Crippen LogP contribution in [0.15, 0.2) is 36.7 Å². The number of carbonyl (C=O) groups excluding carboxylic acids is 1. The molecule has 4 rings (SSSR count). The third-order valence-corrected chi connectivity index (χ3v) is 6.14. The number of rotatable bonds is 4. The number of aromatic nitrogens is 3. The zero-order chi connectivity index (χ0) is 23.7. The number of hydrogen-bond donors (Lipinski definition) is 1. The first-order chi connectivity index (χ1) is 15.8. The molecule has 170 valence electrons. The fourth-order valence-electron chi connectivity index (χ4n) is 4.13. The molecule has 3 heterocycles. The van der Waals surface area contributed by atoms with Crippen LogP contribution in [-0.4, -0.2) is 68.8 Å². The Bertz CT molecular complexity index is 1230. The molecule has 1 saturated heterocycles. The van der Waals surface area contributed by atoms with Gasteiger partial charge in [0, 0.05) is 31.5 Å². The summed E-state index contributed by atoms with van der Waals surface area (Å²) < 4.78 is 15.7. The molecule has 0 spiro atoms. The molecule has 9 heteroatoms. The van der Waals surface area contributed by atoms with Gasteiger partial charge in [0.05, 0.1) is 16.7 Å². The first-order valence-corrected chi connectivity index (χ1v) is 10.7. The van der Waals surface area contributed by atoms with Gasteiger partial charge in [0.1, 0.15) is 11.9 Å². The number of likely N-dealkylation sites (tertiary alicyclic amines) is 1. The fraction of sp³-hybridized carbons (Fsp3) is 0.333. The van der Waals surface area contributed by atoms with Crippen molar-refractivity contribution in [1.29, 1.82) is 5.26 Å². The van der Waals surface area contributed by atoms with Crippen molar-refractivity contribution in [3.63, 3.8) is 0 Å². The molecule has 1 aliphatic heterocycles. The van der Waals surface area contributed by atoms with Crippen molar-refractivity contribution >= 4 is 5.91 Å². The van der Waals surface area contributed by atoms with Crippen LogP contribution in [0.25, 0.3) is 16.9 Å². The standard InChI is InChI=1S/C24H25FN6O2/c1-15-19(8-6-16(11-26)22(15)25)20-14-31(28-23(20)32)21-9-7-17(12-27-21)24(33)30-10-4-5-18(13-30)29(2)3/h6-9,12,14,18H,4-5,10,13H2,1-3H3,(H,28,32). The smallest absolute Gasteiger partial charge is 0.255 e. The number of pyridine rings is 1. The molecule has 8 nitrogen and oxygen atoms in total. The topological polar surface area (TPSA) is 98.3 Å². The van der Waals surface area contributed by atoms with Crippen molar-refractivity contribution in [3.05, 3.63) is 59.2 Å². The predicted molar refractivity (Wildman–Crippen MR) is 120 cm³/mol. The number of nitriles is 1. The number of aromatic hydroxyl groups is 1. The second-order valence-electron chi connectivity index (χ2n) is 8.44. The zero-order valence-electron chi connectivity index (χ0n) is 18.8. The molecule has 0 saturated carbocycles. The fourth-order valence-corrected chi connectivity index (χ4v) is 4.13. The van der Waals surface area contributed by atoms with E-state index in [1.165, 1.54) is 16.9 Å². The van der Waals surface area contributed by atoms with Gasteiger partial charge in [-0.2, -0.15) is 5.26 Å². The van der Waals surface area contributed by atoms with E-state index in [-0.39, 0.29) is 22.9 Å². The highest BCUT2D eigenvalue weighted by atomic mass is 19.1. The highest BCUT2D eigenvalue weighted by molar-refractivity contribution is 5.94. The largest absolute Gasteiger partial charge is 0.492 e. The number of nitrogens with zero attached hydrogens (tertiary/aromatic N) is 6. The molecule has 1 aromatic carbocycles. The van der Waals surface area contributed by atoms with Crippen molar-refractivity contribution < 1.29 is 14.3 Å². The molecule has 1 fully saturated rings. The van der Waals surface area contributed by atoms with Crippen LogP contribution in [0, 0.1) is 24.1 Å². The maximum Gasteiger partial charge on any atom is 0.255 e. The third-order valence-electron chi connectivity index (χ3n) is 6.14. The molecular formula is C24H25FN6O2. The van der Waals surface area contributed by atoms with Gasteiger partial charge in [-0.25, -0.2) is 14.1 Å². The van der Waals surface area contributed by atoms with E-state index >= 15 is 0 Å². The van der Waals surface area contributed by atoms with Crippen LogP contribution in [-0.2, 0) is 0 Å². The van der Waals surface area contributed by atoms with E-state index in [9.17, 15) is 14.3 Å². The average molecular weight is 449 g/mol. The van der Waals surface area contributed by atoms with Gasteiger partial charge in [0.15, 0.2) is 5.82 Å². The summed E-state index contributed by atoms with van der Waals surface area (Å²) in [5, 5.41) is 23.4. The Balaban J connectivity index is 1.57. The quantitative estimate of drug-likeness (QED) is 0.659. The Labute approximate surface area is 191 Å². The number of amides is 1. The van der Waals surface area contributed by atoms with Crippen LogP contribution in [0.1, 0.15) is 34.3 Å². The normalized spacial score (nSPS) is 16.1. The Morgan fingerprint density at radius 2 is 2.06 bits per heavy atom. The Morgan fingerprint density at radius 1 is 1.27 bits per heavy atom. The molecule has 1 unspecified atom stereocenters. The maximum atomic E-state index is 14.4. The highest BCUT2D eigenvalue weighted by Gasteiger charge is 2.26. The zero-order valence-corrected chi connectivity index (χ0v) is 18.8. The Hall–Kier alpha value is -3.77. The Morgan fingerprint density at radius 3 is 2.73 bits per heavy atom. The Kier molecular flexibility index (Phi) is 6.11. The van der Waals surface area contributed by atoms with Gasteiger partial charge < -0.3 is 14.9 Å². The predicted octanol–water partition coefficient (Wildman–Crippen LogP) is 3.13. The molecule has 2 aromatic heterocycles. The lowest BCUT2D eigenvalue weighted by molar-refractivity contribution is 0.0634. The van der Waals surface area contributed by atoms with Gasteiger partial charge in [-0.3, -0.25) is 4.79 Å². The van der Waals surface area contributed by atoms with Gasteiger partial charge in [0.2, 0.25) is 5.88 Å². The molecule has 1 amide bonds. The summed E-state index contributed by atoms with van der Waals surface area (Å²) >= 11 is 0. The SMILES string of the molecule is Cc1c(-c2cn(-c3ccc(C(=O)N4CCCC(N(C)C)C4)cn3)nc2O)ccc(C#N)c1F. The molecular weight excluding hydrogens is 423 g/mol. The van der Waals surface area contributed by atoms with E-state index in [0.29, 0.717) is 35.1 Å². The second kappa shape index (κ2) is 9.00. The van der Waals surface area contributed by atoms with Crippen molar-refractivity contribution in [3.8, 4) is 28.9 Å². The van der Waals surface area contributed by atoms with Crippen molar-refractivity contribution in [2.75, 3.05) is 27.2 Å². The van der Waals surface area contributed by atoms with E-state index in [4.69, 9.17) is 5.26 Å². The molecule has 0 bridgehead atoms. The van der Waals surface area contributed by atoms with Gasteiger partial charge in [-0.05, 0) is 63.2 Å². The minimum absolute atomic E-state index is 0.0596. The van der Waals surface area contributed by atoms with Gasteiger partial charge in [-0.15, -0.1) is 5.10 Å². The van der Waals surface area contributed by atoms with E-state index in [0.717, 1.165) is 19.4 Å².